The molecule has 0 bridgehead atoms. The lowest BCUT2D eigenvalue weighted by Crippen LogP contribution is -2.57. The van der Waals surface area contributed by atoms with Gasteiger partial charge >= 0.3 is 0 Å². The van der Waals surface area contributed by atoms with Gasteiger partial charge in [0.2, 0.25) is 6.23 Å². The van der Waals surface area contributed by atoms with Gasteiger partial charge in [0.25, 0.3) is 5.91 Å². The molecule has 32 heavy (non-hydrogen) atoms. The summed E-state index contributed by atoms with van der Waals surface area (Å²) < 4.78 is 5.62. The van der Waals surface area contributed by atoms with Crippen LogP contribution in [0.1, 0.15) is 37.7 Å². The van der Waals surface area contributed by atoms with Gasteiger partial charge in [-0.3, -0.25) is 19.8 Å². The van der Waals surface area contributed by atoms with Crippen molar-refractivity contribution in [3.63, 3.8) is 0 Å². The third kappa shape index (κ3) is 3.40. The second kappa shape index (κ2) is 8.27. The van der Waals surface area contributed by atoms with Gasteiger partial charge in [0.15, 0.2) is 17.5 Å². The first kappa shape index (κ1) is 20.5. The number of aromatic nitrogens is 6. The molecule has 10 heteroatoms. The molecule has 1 N–H and O–H groups in total. The summed E-state index contributed by atoms with van der Waals surface area (Å²) in [6.45, 7) is 1.99. The molecular formula is C22H26N8O2. The zero-order valence-corrected chi connectivity index (χ0v) is 18.4. The van der Waals surface area contributed by atoms with E-state index in [0.29, 0.717) is 28.8 Å². The Morgan fingerprint density at radius 1 is 1.06 bits per heavy atom. The number of rotatable bonds is 4. The normalized spacial score (nSPS) is 19.3. The average molecular weight is 435 g/mol. The van der Waals surface area contributed by atoms with Gasteiger partial charge in [-0.15, -0.1) is 0 Å². The molecule has 2 aliphatic rings. The van der Waals surface area contributed by atoms with Gasteiger partial charge in [-0.1, -0.05) is 19.3 Å². The molecular weight excluding hydrogens is 408 g/mol. The standard InChI is InChI=1S/C22H26N8O2/c1-13-9-16(18-25-12-26-28-18)23-10-15(13)17-11-24-19-20(27-17)29(2)21(31)22(32-3)30(19)14-7-5-4-6-8-14/h9-12,14,22H,4-8H2,1-3H3,(H,25,26,28). The number of hydrogen-bond donors (Lipinski definition) is 1. The van der Waals surface area contributed by atoms with Crippen molar-refractivity contribution in [2.24, 2.45) is 0 Å². The minimum Gasteiger partial charge on any atom is -0.353 e. The van der Waals surface area contributed by atoms with Crippen molar-refractivity contribution in [2.45, 2.75) is 51.3 Å². The highest BCUT2D eigenvalue weighted by atomic mass is 16.5. The Morgan fingerprint density at radius 3 is 2.56 bits per heavy atom. The summed E-state index contributed by atoms with van der Waals surface area (Å²) in [5.41, 5.74) is 3.19. The molecule has 1 fully saturated rings. The molecule has 1 amide bonds. The predicted octanol–water partition coefficient (Wildman–Crippen LogP) is 2.72. The van der Waals surface area contributed by atoms with E-state index < -0.39 is 6.23 Å². The highest BCUT2D eigenvalue weighted by Gasteiger charge is 2.42. The molecule has 5 rings (SSSR count). The van der Waals surface area contributed by atoms with E-state index in [4.69, 9.17) is 14.7 Å². The van der Waals surface area contributed by atoms with Crippen molar-refractivity contribution in [1.29, 1.82) is 0 Å². The first-order valence-corrected chi connectivity index (χ1v) is 10.9. The van der Waals surface area contributed by atoms with Crippen molar-refractivity contribution in [3.05, 3.63) is 30.4 Å². The maximum atomic E-state index is 13.1. The summed E-state index contributed by atoms with van der Waals surface area (Å²) >= 11 is 0. The number of methoxy groups -OCH3 is 1. The zero-order chi connectivity index (χ0) is 22.2. The number of nitrogens with one attached hydrogen (secondary N) is 1. The molecule has 1 unspecified atom stereocenters. The van der Waals surface area contributed by atoms with E-state index in [1.807, 2.05) is 17.9 Å². The fourth-order valence-electron chi connectivity index (χ4n) is 4.63. The van der Waals surface area contributed by atoms with Gasteiger partial charge in [-0.25, -0.2) is 15.0 Å². The molecule has 1 aliphatic heterocycles. The third-order valence-electron chi connectivity index (χ3n) is 6.33. The Hall–Kier alpha value is -3.40. The van der Waals surface area contributed by atoms with E-state index >= 15 is 0 Å². The largest absolute Gasteiger partial charge is 0.353 e. The second-order valence-corrected chi connectivity index (χ2v) is 8.31. The van der Waals surface area contributed by atoms with Crippen molar-refractivity contribution in [1.82, 2.24) is 30.1 Å². The topological polar surface area (TPSA) is 113 Å². The number of likely N-dealkylation sites (N-methyl/N-ethyl adjacent to an activating group) is 1. The van der Waals surface area contributed by atoms with Gasteiger partial charge < -0.3 is 9.64 Å². The van der Waals surface area contributed by atoms with Gasteiger partial charge in [-0.2, -0.15) is 5.10 Å². The van der Waals surface area contributed by atoms with Gasteiger partial charge in [0, 0.05) is 32.0 Å². The summed E-state index contributed by atoms with van der Waals surface area (Å²) in [5.74, 6) is 1.71. The number of H-pyrrole nitrogens is 1. The molecule has 0 saturated heterocycles. The molecule has 1 saturated carbocycles. The van der Waals surface area contributed by atoms with E-state index in [1.54, 1.807) is 31.5 Å². The van der Waals surface area contributed by atoms with Crippen LogP contribution in [0.15, 0.2) is 24.8 Å². The van der Waals surface area contributed by atoms with Crippen LogP contribution in [0.25, 0.3) is 22.8 Å². The number of aryl methyl sites for hydroxylation is 1. The number of anilines is 2. The molecule has 3 aromatic heterocycles. The molecule has 10 nitrogen and oxygen atoms in total. The van der Waals surface area contributed by atoms with E-state index in [9.17, 15) is 4.79 Å². The van der Waals surface area contributed by atoms with Crippen LogP contribution >= 0.6 is 0 Å². The molecule has 0 radical (unpaired) electrons. The minimum atomic E-state index is -0.680. The number of pyridine rings is 1. The van der Waals surface area contributed by atoms with Crippen LogP contribution in [0.5, 0.6) is 0 Å². The predicted molar refractivity (Wildman–Crippen MR) is 119 cm³/mol. The number of fused-ring (bicyclic) bond motifs is 1. The smallest absolute Gasteiger partial charge is 0.278 e. The first-order chi connectivity index (χ1) is 15.6. The van der Waals surface area contributed by atoms with Crippen LogP contribution in [-0.2, 0) is 9.53 Å². The van der Waals surface area contributed by atoms with E-state index in [-0.39, 0.29) is 11.9 Å². The van der Waals surface area contributed by atoms with Crippen LogP contribution in [0.2, 0.25) is 0 Å². The zero-order valence-electron chi connectivity index (χ0n) is 18.4. The number of nitrogens with zero attached hydrogens (tertiary/aromatic N) is 7. The Labute approximate surface area is 186 Å². The summed E-state index contributed by atoms with van der Waals surface area (Å²) in [4.78, 5) is 35.0. The second-order valence-electron chi connectivity index (χ2n) is 8.31. The number of ether oxygens (including phenoxy) is 1. The van der Waals surface area contributed by atoms with Crippen LogP contribution < -0.4 is 9.80 Å². The van der Waals surface area contributed by atoms with Crippen LogP contribution in [0.3, 0.4) is 0 Å². The maximum absolute atomic E-state index is 13.1. The lowest BCUT2D eigenvalue weighted by Gasteiger charge is -2.44. The Balaban J connectivity index is 1.55. The minimum absolute atomic E-state index is 0.132. The molecule has 4 heterocycles. The van der Waals surface area contributed by atoms with Crippen molar-refractivity contribution < 1.29 is 9.53 Å². The molecule has 166 valence electrons. The monoisotopic (exact) mass is 434 g/mol. The number of carbonyl (C=O) groups is 1. The van der Waals surface area contributed by atoms with Crippen LogP contribution in [-0.4, -0.2) is 62.5 Å². The van der Waals surface area contributed by atoms with Crippen LogP contribution in [0.4, 0.5) is 11.6 Å². The fraction of sp³-hybridized carbons (Fsp3) is 0.455. The highest BCUT2D eigenvalue weighted by Crippen LogP contribution is 2.38. The lowest BCUT2D eigenvalue weighted by atomic mass is 9.93. The average Bonchev–Trinajstić information content (AvgIpc) is 3.36. The SMILES string of the molecule is COC1C(=O)N(C)c2nc(-c3cnc(-c4ncn[nH]4)cc3C)cnc2N1C1CCCCC1. The Morgan fingerprint density at radius 2 is 1.88 bits per heavy atom. The summed E-state index contributed by atoms with van der Waals surface area (Å²) in [5, 5.41) is 6.70. The summed E-state index contributed by atoms with van der Waals surface area (Å²) in [6, 6.07) is 2.15. The third-order valence-corrected chi connectivity index (χ3v) is 6.33. The van der Waals surface area contributed by atoms with Gasteiger partial charge in [0.1, 0.15) is 12.0 Å². The van der Waals surface area contributed by atoms with Gasteiger partial charge in [-0.05, 0) is 31.4 Å². The number of hydrogen-bond acceptors (Lipinski definition) is 8. The maximum Gasteiger partial charge on any atom is 0.278 e. The number of amides is 1. The molecule has 1 aliphatic carbocycles. The van der Waals surface area contributed by atoms with E-state index in [2.05, 4.69) is 20.2 Å². The summed E-state index contributed by atoms with van der Waals surface area (Å²) in [6.07, 6.45) is 9.83. The quantitative estimate of drug-likeness (QED) is 0.667. The van der Waals surface area contributed by atoms with E-state index in [1.165, 1.54) is 12.7 Å². The Bertz CT molecular complexity index is 1130. The molecule has 0 aromatic carbocycles. The first-order valence-electron chi connectivity index (χ1n) is 10.9. The molecule has 3 aromatic rings. The van der Waals surface area contributed by atoms with Crippen molar-refractivity contribution >= 4 is 17.5 Å². The van der Waals surface area contributed by atoms with Crippen LogP contribution in [0, 0.1) is 6.92 Å². The number of carbonyl (C=O) groups excluding carboxylic acids is 1. The molecule has 0 spiro atoms. The van der Waals surface area contributed by atoms with Gasteiger partial charge in [0.05, 0.1) is 11.9 Å². The summed E-state index contributed by atoms with van der Waals surface area (Å²) in [7, 11) is 3.30. The lowest BCUT2D eigenvalue weighted by molar-refractivity contribution is -0.129. The number of aromatic amines is 1. The van der Waals surface area contributed by atoms with E-state index in [0.717, 1.165) is 36.8 Å². The van der Waals surface area contributed by atoms with Crippen molar-refractivity contribution in [3.8, 4) is 22.8 Å². The molecule has 1 atom stereocenters. The highest BCUT2D eigenvalue weighted by molar-refractivity contribution is 6.02. The Kier molecular flexibility index (Phi) is 5.30. The fourth-order valence-corrected chi connectivity index (χ4v) is 4.63. The van der Waals surface area contributed by atoms with Crippen molar-refractivity contribution in [2.75, 3.05) is 24.0 Å².